The van der Waals surface area contributed by atoms with Crippen LogP contribution in [0.4, 0.5) is 0 Å². The number of rotatable bonds is 9. The molecule has 0 aliphatic carbocycles. The third kappa shape index (κ3) is 5.50. The molecule has 0 aliphatic rings. The number of hydrogen-bond donors (Lipinski definition) is 2. The van der Waals surface area contributed by atoms with Gasteiger partial charge in [-0.25, -0.2) is 9.59 Å². The Bertz CT molecular complexity index is 483. The summed E-state index contributed by atoms with van der Waals surface area (Å²) in [6.45, 7) is 2.53. The Labute approximate surface area is 120 Å². The smallest absolute Gasteiger partial charge is 0.373 e. The molecule has 0 amide bonds. The van der Waals surface area contributed by atoms with Gasteiger partial charge >= 0.3 is 11.9 Å². The molecular weight excluding hydrogens is 282 g/mol. The first-order valence-corrected chi connectivity index (χ1v) is 7.09. The Balaban J connectivity index is 2.37. The van der Waals surface area contributed by atoms with E-state index >= 15 is 0 Å². The van der Waals surface area contributed by atoms with Crippen molar-refractivity contribution in [1.82, 2.24) is 5.32 Å². The molecule has 1 rings (SSSR count). The SMILES string of the molecule is CCCCOC(=O)c1ccc(CNCC(=O)C(=O)O)s1. The van der Waals surface area contributed by atoms with E-state index in [1.807, 2.05) is 6.92 Å². The first kappa shape index (κ1) is 16.3. The summed E-state index contributed by atoms with van der Waals surface area (Å²) >= 11 is 1.26. The molecule has 0 unspecified atom stereocenters. The second-order valence-corrected chi connectivity index (χ2v) is 5.26. The normalized spacial score (nSPS) is 10.2. The van der Waals surface area contributed by atoms with Crippen molar-refractivity contribution in [2.45, 2.75) is 26.3 Å². The van der Waals surface area contributed by atoms with E-state index < -0.39 is 11.8 Å². The number of unbranched alkanes of at least 4 members (excludes halogenated alkanes) is 1. The van der Waals surface area contributed by atoms with Gasteiger partial charge in [0.1, 0.15) is 4.88 Å². The molecule has 7 heteroatoms. The number of carbonyl (C=O) groups is 3. The Kier molecular flexibility index (Phi) is 6.89. The van der Waals surface area contributed by atoms with Gasteiger partial charge in [-0.05, 0) is 18.6 Å². The van der Waals surface area contributed by atoms with Crippen LogP contribution in [0.15, 0.2) is 12.1 Å². The highest BCUT2D eigenvalue weighted by atomic mass is 32.1. The third-order valence-electron chi connectivity index (χ3n) is 2.42. The van der Waals surface area contributed by atoms with Gasteiger partial charge in [-0.2, -0.15) is 0 Å². The van der Waals surface area contributed by atoms with E-state index in [0.29, 0.717) is 18.0 Å². The van der Waals surface area contributed by atoms with Crippen LogP contribution in [0.5, 0.6) is 0 Å². The number of ketones is 1. The zero-order valence-electron chi connectivity index (χ0n) is 11.2. The number of nitrogens with one attached hydrogen (secondary N) is 1. The summed E-state index contributed by atoms with van der Waals surface area (Å²) in [5, 5.41) is 11.1. The lowest BCUT2D eigenvalue weighted by Gasteiger charge is -2.01. The first-order valence-electron chi connectivity index (χ1n) is 6.27. The number of ether oxygens (including phenoxy) is 1. The van der Waals surface area contributed by atoms with Crippen LogP contribution >= 0.6 is 11.3 Å². The van der Waals surface area contributed by atoms with Gasteiger partial charge in [0.25, 0.3) is 5.78 Å². The first-order chi connectivity index (χ1) is 9.54. The molecule has 2 N–H and O–H groups in total. The summed E-state index contributed by atoms with van der Waals surface area (Å²) in [5.74, 6) is -2.69. The zero-order chi connectivity index (χ0) is 15.0. The summed E-state index contributed by atoms with van der Waals surface area (Å²) in [6.07, 6.45) is 1.80. The molecule has 0 fully saturated rings. The van der Waals surface area contributed by atoms with Gasteiger partial charge in [-0.15, -0.1) is 11.3 Å². The van der Waals surface area contributed by atoms with Crippen molar-refractivity contribution in [1.29, 1.82) is 0 Å². The predicted molar refractivity (Wildman–Crippen MR) is 73.9 cm³/mol. The monoisotopic (exact) mass is 299 g/mol. The van der Waals surface area contributed by atoms with E-state index in [9.17, 15) is 14.4 Å². The van der Waals surface area contributed by atoms with Gasteiger partial charge in [0.15, 0.2) is 0 Å². The Morgan fingerprint density at radius 3 is 2.75 bits per heavy atom. The van der Waals surface area contributed by atoms with E-state index in [4.69, 9.17) is 9.84 Å². The quantitative estimate of drug-likeness (QED) is 0.407. The summed E-state index contributed by atoms with van der Waals surface area (Å²) in [4.78, 5) is 34.2. The molecule has 6 nitrogen and oxygen atoms in total. The van der Waals surface area contributed by atoms with E-state index in [2.05, 4.69) is 5.32 Å². The number of aliphatic carboxylic acids is 1. The molecule has 1 heterocycles. The fourth-order valence-electron chi connectivity index (χ4n) is 1.34. The zero-order valence-corrected chi connectivity index (χ0v) is 12.0. The Morgan fingerprint density at radius 1 is 1.35 bits per heavy atom. The maximum absolute atomic E-state index is 11.6. The molecule has 0 aromatic carbocycles. The average Bonchev–Trinajstić information content (AvgIpc) is 2.87. The molecule has 110 valence electrons. The van der Waals surface area contributed by atoms with Gasteiger partial charge < -0.3 is 15.2 Å². The summed E-state index contributed by atoms with van der Waals surface area (Å²) in [6, 6.07) is 3.41. The summed E-state index contributed by atoms with van der Waals surface area (Å²) in [7, 11) is 0. The van der Waals surface area contributed by atoms with Crippen molar-refractivity contribution < 1.29 is 24.2 Å². The molecule has 0 saturated carbocycles. The van der Waals surface area contributed by atoms with E-state index in [-0.39, 0.29) is 12.5 Å². The van der Waals surface area contributed by atoms with Crippen LogP contribution in [0.2, 0.25) is 0 Å². The lowest BCUT2D eigenvalue weighted by atomic mass is 10.3. The number of thiophene rings is 1. The summed E-state index contributed by atoms with van der Waals surface area (Å²) < 4.78 is 5.08. The van der Waals surface area contributed by atoms with Crippen LogP contribution in [0, 0.1) is 0 Å². The van der Waals surface area contributed by atoms with E-state index in [1.54, 1.807) is 12.1 Å². The molecule has 0 bridgehead atoms. The largest absolute Gasteiger partial charge is 0.475 e. The Morgan fingerprint density at radius 2 is 2.10 bits per heavy atom. The minimum Gasteiger partial charge on any atom is -0.475 e. The minimum absolute atomic E-state index is 0.233. The van der Waals surface area contributed by atoms with Crippen molar-refractivity contribution in [3.63, 3.8) is 0 Å². The minimum atomic E-state index is -1.45. The van der Waals surface area contributed by atoms with Crippen molar-refractivity contribution in [2.24, 2.45) is 0 Å². The highest BCUT2D eigenvalue weighted by molar-refractivity contribution is 7.13. The topological polar surface area (TPSA) is 92.7 Å². The van der Waals surface area contributed by atoms with Crippen LogP contribution < -0.4 is 5.32 Å². The molecular formula is C13H17NO5S. The highest BCUT2D eigenvalue weighted by Crippen LogP contribution is 2.17. The number of Topliss-reactive ketones (excluding diaryl/α,β-unsaturated/α-hetero) is 1. The second kappa shape index (κ2) is 8.44. The van der Waals surface area contributed by atoms with E-state index in [0.717, 1.165) is 17.7 Å². The lowest BCUT2D eigenvalue weighted by molar-refractivity contribution is -0.148. The van der Waals surface area contributed by atoms with Crippen molar-refractivity contribution in [2.75, 3.05) is 13.2 Å². The Hall–Kier alpha value is -1.73. The number of hydrogen-bond acceptors (Lipinski definition) is 6. The van der Waals surface area contributed by atoms with E-state index in [1.165, 1.54) is 11.3 Å². The van der Waals surface area contributed by atoms with Crippen LogP contribution in [-0.2, 0) is 20.9 Å². The predicted octanol–water partition coefficient (Wildman–Crippen LogP) is 1.45. The number of esters is 1. The standard InChI is InChI=1S/C13H17NO5S/c1-2-3-6-19-13(18)11-5-4-9(20-11)7-14-8-10(15)12(16)17/h4-5,14H,2-3,6-8H2,1H3,(H,16,17). The molecule has 0 radical (unpaired) electrons. The molecule has 0 saturated heterocycles. The maximum Gasteiger partial charge on any atom is 0.373 e. The fraction of sp³-hybridized carbons (Fsp3) is 0.462. The van der Waals surface area contributed by atoms with Crippen LogP contribution in [0.3, 0.4) is 0 Å². The fourth-order valence-corrected chi connectivity index (χ4v) is 2.21. The average molecular weight is 299 g/mol. The van der Waals surface area contributed by atoms with Crippen molar-refractivity contribution in [3.8, 4) is 0 Å². The number of carboxylic acid groups (broad SMARTS) is 1. The van der Waals surface area contributed by atoms with Crippen LogP contribution in [-0.4, -0.2) is 36.0 Å². The number of carbonyl (C=O) groups excluding carboxylic acids is 2. The van der Waals surface area contributed by atoms with Crippen molar-refractivity contribution >= 4 is 29.1 Å². The molecule has 1 aromatic rings. The molecule has 0 atom stereocenters. The van der Waals surface area contributed by atoms with Gasteiger partial charge in [-0.1, -0.05) is 13.3 Å². The molecule has 1 aromatic heterocycles. The van der Waals surface area contributed by atoms with Gasteiger partial charge in [0.2, 0.25) is 0 Å². The molecule has 0 spiro atoms. The van der Waals surface area contributed by atoms with Crippen LogP contribution in [0.25, 0.3) is 0 Å². The number of carboxylic acids is 1. The van der Waals surface area contributed by atoms with Gasteiger partial charge in [0, 0.05) is 11.4 Å². The highest BCUT2D eigenvalue weighted by Gasteiger charge is 2.12. The second-order valence-electron chi connectivity index (χ2n) is 4.09. The molecule has 20 heavy (non-hydrogen) atoms. The lowest BCUT2D eigenvalue weighted by Crippen LogP contribution is -2.27. The third-order valence-corrected chi connectivity index (χ3v) is 3.48. The van der Waals surface area contributed by atoms with Crippen LogP contribution in [0.1, 0.15) is 34.3 Å². The summed E-state index contributed by atoms with van der Waals surface area (Å²) in [5.41, 5.74) is 0. The van der Waals surface area contributed by atoms with Gasteiger partial charge in [-0.3, -0.25) is 4.79 Å². The van der Waals surface area contributed by atoms with Crippen molar-refractivity contribution in [3.05, 3.63) is 21.9 Å². The maximum atomic E-state index is 11.6. The van der Waals surface area contributed by atoms with Gasteiger partial charge in [0.05, 0.1) is 13.2 Å². The molecule has 0 aliphatic heterocycles.